The van der Waals surface area contributed by atoms with Crippen LogP contribution in [-0.2, 0) is 5.88 Å². The van der Waals surface area contributed by atoms with Gasteiger partial charge >= 0.3 is 0 Å². The van der Waals surface area contributed by atoms with Gasteiger partial charge in [-0.3, -0.25) is 4.57 Å². The molecule has 0 saturated carbocycles. The van der Waals surface area contributed by atoms with Crippen molar-refractivity contribution in [2.75, 3.05) is 0 Å². The zero-order chi connectivity index (χ0) is 15.1. The first-order valence-electron chi connectivity index (χ1n) is 5.89. The first kappa shape index (κ1) is 14.2. The molecular formula is C14H7Cl2F3N2. The number of fused-ring (bicyclic) bond motifs is 1. The Hall–Kier alpha value is -1.72. The van der Waals surface area contributed by atoms with Crippen molar-refractivity contribution in [2.45, 2.75) is 5.88 Å². The minimum absolute atomic E-state index is 0.0207. The summed E-state index contributed by atoms with van der Waals surface area (Å²) in [4.78, 5) is 4.26. The highest BCUT2D eigenvalue weighted by Gasteiger charge is 2.16. The third-order valence-corrected chi connectivity index (χ3v) is 3.51. The standard InChI is InChI=1S/C14H7Cl2F3N2/c15-6-13-20-11-2-1-7(16)3-12(11)21(13)8-4-9(17)14(19)10(18)5-8/h1-5H,6H2. The maximum Gasteiger partial charge on any atom is 0.194 e. The zero-order valence-corrected chi connectivity index (χ0v) is 11.9. The van der Waals surface area contributed by atoms with Crippen LogP contribution in [0.25, 0.3) is 16.7 Å². The predicted octanol–water partition coefficient (Wildman–Crippen LogP) is 4.84. The Morgan fingerprint density at radius 3 is 2.33 bits per heavy atom. The van der Waals surface area contributed by atoms with Crippen molar-refractivity contribution in [2.24, 2.45) is 0 Å². The number of imidazole rings is 1. The van der Waals surface area contributed by atoms with Crippen molar-refractivity contribution in [3.63, 3.8) is 0 Å². The van der Waals surface area contributed by atoms with E-state index in [4.69, 9.17) is 23.2 Å². The van der Waals surface area contributed by atoms with E-state index in [0.717, 1.165) is 12.1 Å². The summed E-state index contributed by atoms with van der Waals surface area (Å²) in [5.74, 6) is -3.69. The summed E-state index contributed by atoms with van der Waals surface area (Å²) in [5, 5.41) is 0.438. The molecule has 0 spiro atoms. The van der Waals surface area contributed by atoms with Crippen molar-refractivity contribution in [1.29, 1.82) is 0 Å². The van der Waals surface area contributed by atoms with Crippen LogP contribution >= 0.6 is 23.2 Å². The third-order valence-electron chi connectivity index (χ3n) is 3.03. The molecule has 7 heteroatoms. The average molecular weight is 331 g/mol. The van der Waals surface area contributed by atoms with Crippen LogP contribution in [0.3, 0.4) is 0 Å². The molecule has 2 nitrogen and oxygen atoms in total. The normalized spacial score (nSPS) is 11.3. The Bertz CT molecular complexity index is 823. The lowest BCUT2D eigenvalue weighted by Gasteiger charge is -2.09. The molecule has 1 aromatic heterocycles. The predicted molar refractivity (Wildman–Crippen MR) is 75.5 cm³/mol. The van der Waals surface area contributed by atoms with Crippen molar-refractivity contribution in [3.05, 3.63) is 58.6 Å². The van der Waals surface area contributed by atoms with Gasteiger partial charge in [0.15, 0.2) is 17.5 Å². The number of benzene rings is 2. The summed E-state index contributed by atoms with van der Waals surface area (Å²) in [6.45, 7) is 0. The number of alkyl halides is 1. The number of hydrogen-bond donors (Lipinski definition) is 0. The van der Waals surface area contributed by atoms with Crippen LogP contribution in [0.5, 0.6) is 0 Å². The lowest BCUT2D eigenvalue weighted by atomic mass is 10.2. The highest BCUT2D eigenvalue weighted by Crippen LogP contribution is 2.27. The van der Waals surface area contributed by atoms with Crippen molar-refractivity contribution in [3.8, 4) is 5.69 Å². The van der Waals surface area contributed by atoms with Crippen LogP contribution in [-0.4, -0.2) is 9.55 Å². The fourth-order valence-corrected chi connectivity index (χ4v) is 2.49. The molecule has 0 bridgehead atoms. The second-order valence-corrected chi connectivity index (χ2v) is 5.06. The van der Waals surface area contributed by atoms with Crippen LogP contribution in [0, 0.1) is 17.5 Å². The van der Waals surface area contributed by atoms with Gasteiger partial charge in [0.1, 0.15) is 5.82 Å². The van der Waals surface area contributed by atoms with Gasteiger partial charge in [-0.05, 0) is 18.2 Å². The van der Waals surface area contributed by atoms with E-state index in [2.05, 4.69) is 4.98 Å². The minimum Gasteiger partial charge on any atom is -0.295 e. The van der Waals surface area contributed by atoms with E-state index in [-0.39, 0.29) is 11.6 Å². The number of halogens is 5. The maximum atomic E-state index is 13.4. The number of rotatable bonds is 2. The van der Waals surface area contributed by atoms with Crippen molar-refractivity contribution < 1.29 is 13.2 Å². The fraction of sp³-hybridized carbons (Fsp3) is 0.0714. The maximum absolute atomic E-state index is 13.4. The smallest absolute Gasteiger partial charge is 0.194 e. The Kier molecular flexibility index (Phi) is 3.55. The van der Waals surface area contributed by atoms with Gasteiger partial charge in [-0.2, -0.15) is 0 Å². The van der Waals surface area contributed by atoms with E-state index in [0.29, 0.717) is 21.9 Å². The summed E-state index contributed by atoms with van der Waals surface area (Å²) >= 11 is 11.8. The molecule has 0 aliphatic rings. The Morgan fingerprint density at radius 2 is 1.71 bits per heavy atom. The fourth-order valence-electron chi connectivity index (χ4n) is 2.15. The third kappa shape index (κ3) is 2.36. The molecular weight excluding hydrogens is 324 g/mol. The molecule has 2 aromatic carbocycles. The lowest BCUT2D eigenvalue weighted by molar-refractivity contribution is 0.446. The summed E-state index contributed by atoms with van der Waals surface area (Å²) in [7, 11) is 0. The van der Waals surface area contributed by atoms with Gasteiger partial charge < -0.3 is 0 Å². The van der Waals surface area contributed by atoms with Gasteiger partial charge in [-0.1, -0.05) is 11.6 Å². The first-order chi connectivity index (χ1) is 10.0. The number of hydrogen-bond acceptors (Lipinski definition) is 1. The topological polar surface area (TPSA) is 17.8 Å². The van der Waals surface area contributed by atoms with E-state index in [1.54, 1.807) is 18.2 Å². The van der Waals surface area contributed by atoms with Crippen molar-refractivity contribution in [1.82, 2.24) is 9.55 Å². The van der Waals surface area contributed by atoms with Gasteiger partial charge in [-0.25, -0.2) is 18.2 Å². The van der Waals surface area contributed by atoms with E-state index in [1.165, 1.54) is 4.57 Å². The average Bonchev–Trinajstić information content (AvgIpc) is 2.81. The SMILES string of the molecule is Fc1cc(-n2c(CCl)nc3ccc(Cl)cc32)cc(F)c1F. The molecule has 0 fully saturated rings. The van der Waals surface area contributed by atoms with Crippen LogP contribution in [0.2, 0.25) is 5.02 Å². The molecule has 0 saturated heterocycles. The molecule has 0 amide bonds. The monoisotopic (exact) mass is 330 g/mol. The molecule has 3 aromatic rings. The summed E-state index contributed by atoms with van der Waals surface area (Å²) in [5.41, 5.74) is 1.19. The van der Waals surface area contributed by atoms with Gasteiger partial charge in [0.2, 0.25) is 0 Å². The molecule has 0 N–H and O–H groups in total. The Labute approximate surface area is 127 Å². The molecule has 0 aliphatic heterocycles. The van der Waals surface area contributed by atoms with E-state index in [9.17, 15) is 13.2 Å². The highest BCUT2D eigenvalue weighted by atomic mass is 35.5. The van der Waals surface area contributed by atoms with E-state index in [1.807, 2.05) is 0 Å². The van der Waals surface area contributed by atoms with E-state index >= 15 is 0 Å². The van der Waals surface area contributed by atoms with Crippen LogP contribution in [0.1, 0.15) is 5.82 Å². The second-order valence-electron chi connectivity index (χ2n) is 4.35. The molecule has 108 valence electrons. The highest BCUT2D eigenvalue weighted by molar-refractivity contribution is 6.31. The quantitative estimate of drug-likeness (QED) is 0.486. The Balaban J connectivity index is 2.35. The van der Waals surface area contributed by atoms with Crippen LogP contribution in [0.4, 0.5) is 13.2 Å². The number of aromatic nitrogens is 2. The van der Waals surface area contributed by atoms with Gasteiger partial charge in [-0.15, -0.1) is 11.6 Å². The number of nitrogens with zero attached hydrogens (tertiary/aromatic N) is 2. The van der Waals surface area contributed by atoms with Crippen LogP contribution < -0.4 is 0 Å². The largest absolute Gasteiger partial charge is 0.295 e. The molecule has 0 aliphatic carbocycles. The molecule has 0 radical (unpaired) electrons. The minimum atomic E-state index is -1.52. The molecule has 21 heavy (non-hydrogen) atoms. The Morgan fingerprint density at radius 1 is 1.05 bits per heavy atom. The molecule has 0 unspecified atom stereocenters. The van der Waals surface area contributed by atoms with Crippen LogP contribution in [0.15, 0.2) is 30.3 Å². The van der Waals surface area contributed by atoms with Gasteiger partial charge in [0.25, 0.3) is 0 Å². The van der Waals surface area contributed by atoms with Gasteiger partial charge in [0.05, 0.1) is 22.6 Å². The molecule has 1 heterocycles. The second kappa shape index (κ2) is 5.24. The summed E-state index contributed by atoms with van der Waals surface area (Å²) in [6, 6.07) is 6.68. The summed E-state index contributed by atoms with van der Waals surface area (Å²) in [6.07, 6.45) is 0. The molecule has 0 atom stereocenters. The van der Waals surface area contributed by atoms with Crippen molar-refractivity contribution >= 4 is 34.2 Å². The molecule has 3 rings (SSSR count). The zero-order valence-electron chi connectivity index (χ0n) is 10.4. The lowest BCUT2D eigenvalue weighted by Crippen LogP contribution is -2.02. The van der Waals surface area contributed by atoms with E-state index < -0.39 is 17.5 Å². The first-order valence-corrected chi connectivity index (χ1v) is 6.80. The summed E-state index contributed by atoms with van der Waals surface area (Å²) < 4.78 is 41.4. The van der Waals surface area contributed by atoms with Gasteiger partial charge in [0, 0.05) is 17.2 Å².